The molecule has 0 radical (unpaired) electrons. The van der Waals surface area contributed by atoms with Gasteiger partial charge in [0, 0.05) is 13.1 Å². The van der Waals surface area contributed by atoms with E-state index >= 15 is 0 Å². The molecule has 8 heteroatoms. The molecule has 2 atom stereocenters. The summed E-state index contributed by atoms with van der Waals surface area (Å²) in [5.41, 5.74) is 0. The molecule has 2 heterocycles. The van der Waals surface area contributed by atoms with Crippen LogP contribution in [-0.2, 0) is 10.0 Å². The molecule has 0 aromatic carbocycles. The SMILES string of the molecule is CC1CN(S(=O)(=O)c2cc(Br)sc2Br)CCC1O. The first-order valence-electron chi connectivity index (χ1n) is 5.45. The Kier molecular flexibility index (Phi) is 4.56. The molecule has 1 aromatic rings. The molecule has 0 spiro atoms. The van der Waals surface area contributed by atoms with Crippen LogP contribution in [0, 0.1) is 5.92 Å². The Morgan fingerprint density at radius 1 is 1.50 bits per heavy atom. The highest BCUT2D eigenvalue weighted by Crippen LogP contribution is 2.37. The van der Waals surface area contributed by atoms with E-state index in [9.17, 15) is 13.5 Å². The third kappa shape index (κ3) is 2.83. The second-order valence-electron chi connectivity index (χ2n) is 4.38. The van der Waals surface area contributed by atoms with E-state index in [-0.39, 0.29) is 5.92 Å². The van der Waals surface area contributed by atoms with Gasteiger partial charge in [-0.05, 0) is 50.3 Å². The van der Waals surface area contributed by atoms with Crippen molar-refractivity contribution in [1.29, 1.82) is 0 Å². The zero-order valence-electron chi connectivity index (χ0n) is 9.64. The van der Waals surface area contributed by atoms with Crippen molar-refractivity contribution in [2.75, 3.05) is 13.1 Å². The number of piperidine rings is 1. The molecule has 2 unspecified atom stereocenters. The highest BCUT2D eigenvalue weighted by atomic mass is 79.9. The number of aliphatic hydroxyl groups is 1. The zero-order chi connectivity index (χ0) is 13.5. The maximum atomic E-state index is 12.5. The summed E-state index contributed by atoms with van der Waals surface area (Å²) in [4.78, 5) is 0.294. The van der Waals surface area contributed by atoms with Gasteiger partial charge < -0.3 is 5.11 Å². The van der Waals surface area contributed by atoms with Gasteiger partial charge in [-0.15, -0.1) is 11.3 Å². The summed E-state index contributed by atoms with van der Waals surface area (Å²) < 4.78 is 27.8. The van der Waals surface area contributed by atoms with Crippen LogP contribution in [0.1, 0.15) is 13.3 Å². The van der Waals surface area contributed by atoms with Crippen molar-refractivity contribution in [3.63, 3.8) is 0 Å². The summed E-state index contributed by atoms with van der Waals surface area (Å²) in [7, 11) is -3.47. The minimum absolute atomic E-state index is 0.0330. The lowest BCUT2D eigenvalue weighted by atomic mass is 9.99. The lowest BCUT2D eigenvalue weighted by Gasteiger charge is -2.33. The van der Waals surface area contributed by atoms with Gasteiger partial charge in [-0.25, -0.2) is 8.42 Å². The first-order valence-corrected chi connectivity index (χ1v) is 9.29. The molecule has 4 nitrogen and oxygen atoms in total. The van der Waals surface area contributed by atoms with E-state index in [0.29, 0.717) is 28.2 Å². The first kappa shape index (κ1) is 14.9. The maximum Gasteiger partial charge on any atom is 0.245 e. The quantitative estimate of drug-likeness (QED) is 0.803. The number of thiophene rings is 1. The highest BCUT2D eigenvalue weighted by molar-refractivity contribution is 9.12. The Balaban J connectivity index is 2.29. The Bertz CT molecular complexity index is 543. The van der Waals surface area contributed by atoms with Crippen LogP contribution in [0.5, 0.6) is 0 Å². The van der Waals surface area contributed by atoms with E-state index < -0.39 is 16.1 Å². The average Bonchev–Trinajstić information content (AvgIpc) is 2.62. The smallest absolute Gasteiger partial charge is 0.245 e. The number of rotatable bonds is 2. The van der Waals surface area contributed by atoms with E-state index in [0.717, 1.165) is 3.79 Å². The topological polar surface area (TPSA) is 57.6 Å². The fourth-order valence-electron chi connectivity index (χ4n) is 1.95. The van der Waals surface area contributed by atoms with Gasteiger partial charge >= 0.3 is 0 Å². The second kappa shape index (κ2) is 5.49. The van der Waals surface area contributed by atoms with Gasteiger partial charge in [0.05, 0.1) is 13.7 Å². The van der Waals surface area contributed by atoms with Crippen LogP contribution in [0.15, 0.2) is 18.5 Å². The molecular formula is C10H13Br2NO3S2. The van der Waals surface area contributed by atoms with E-state index in [1.807, 2.05) is 6.92 Å². The van der Waals surface area contributed by atoms with Gasteiger partial charge in [-0.1, -0.05) is 6.92 Å². The molecule has 0 bridgehead atoms. The largest absolute Gasteiger partial charge is 0.393 e. The molecule has 1 fully saturated rings. The molecule has 1 aromatic heterocycles. The molecule has 2 rings (SSSR count). The molecule has 0 aliphatic carbocycles. The Hall–Kier alpha value is 0.530. The minimum atomic E-state index is -3.47. The van der Waals surface area contributed by atoms with Crippen molar-refractivity contribution in [2.45, 2.75) is 24.3 Å². The summed E-state index contributed by atoms with van der Waals surface area (Å²) in [5, 5.41) is 9.65. The van der Waals surface area contributed by atoms with Crippen LogP contribution >= 0.6 is 43.2 Å². The van der Waals surface area contributed by atoms with Gasteiger partial charge in [0.15, 0.2) is 0 Å². The van der Waals surface area contributed by atoms with Crippen molar-refractivity contribution in [1.82, 2.24) is 4.31 Å². The third-order valence-electron chi connectivity index (χ3n) is 3.07. The molecule has 1 saturated heterocycles. The van der Waals surface area contributed by atoms with Crippen molar-refractivity contribution < 1.29 is 13.5 Å². The van der Waals surface area contributed by atoms with Crippen LogP contribution in [0.25, 0.3) is 0 Å². The predicted octanol–water partition coefficient (Wildman–Crippen LogP) is 2.66. The number of sulfonamides is 1. The summed E-state index contributed by atoms with van der Waals surface area (Å²) in [6.07, 6.45) is 0.0812. The Morgan fingerprint density at radius 2 is 2.17 bits per heavy atom. The maximum absolute atomic E-state index is 12.5. The van der Waals surface area contributed by atoms with E-state index in [1.165, 1.54) is 15.6 Å². The van der Waals surface area contributed by atoms with E-state index in [1.54, 1.807) is 6.07 Å². The zero-order valence-corrected chi connectivity index (χ0v) is 14.4. The summed E-state index contributed by atoms with van der Waals surface area (Å²) >= 11 is 7.91. The van der Waals surface area contributed by atoms with Crippen LogP contribution in [0.2, 0.25) is 0 Å². The Morgan fingerprint density at radius 3 is 2.67 bits per heavy atom. The fraction of sp³-hybridized carbons (Fsp3) is 0.600. The van der Waals surface area contributed by atoms with Crippen LogP contribution in [0.3, 0.4) is 0 Å². The summed E-state index contributed by atoms with van der Waals surface area (Å²) in [6, 6.07) is 1.61. The predicted molar refractivity (Wildman–Crippen MR) is 78.3 cm³/mol. The molecular weight excluding hydrogens is 406 g/mol. The van der Waals surface area contributed by atoms with Crippen LogP contribution in [0.4, 0.5) is 0 Å². The number of halogens is 2. The van der Waals surface area contributed by atoms with Crippen molar-refractivity contribution >= 4 is 53.2 Å². The van der Waals surface area contributed by atoms with Crippen molar-refractivity contribution in [3.05, 3.63) is 13.6 Å². The summed E-state index contributed by atoms with van der Waals surface area (Å²) in [5.74, 6) is -0.0330. The second-order valence-corrected chi connectivity index (χ2v) is 10.0. The van der Waals surface area contributed by atoms with E-state index in [4.69, 9.17) is 0 Å². The molecule has 102 valence electrons. The molecule has 1 aliphatic heterocycles. The molecule has 18 heavy (non-hydrogen) atoms. The van der Waals surface area contributed by atoms with Crippen molar-refractivity contribution in [2.24, 2.45) is 5.92 Å². The number of hydrogen-bond donors (Lipinski definition) is 1. The molecule has 0 saturated carbocycles. The first-order chi connectivity index (χ1) is 8.32. The van der Waals surface area contributed by atoms with Gasteiger partial charge in [0.2, 0.25) is 10.0 Å². The minimum Gasteiger partial charge on any atom is -0.393 e. The number of aliphatic hydroxyl groups excluding tert-OH is 1. The average molecular weight is 419 g/mol. The third-order valence-corrected chi connectivity index (χ3v) is 7.69. The highest BCUT2D eigenvalue weighted by Gasteiger charge is 2.34. The fourth-order valence-corrected chi connectivity index (χ4v) is 7.27. The normalized spacial score (nSPS) is 26.4. The number of nitrogens with zero attached hydrogens (tertiary/aromatic N) is 1. The molecule has 1 N–H and O–H groups in total. The summed E-state index contributed by atoms with van der Waals surface area (Å²) in [6.45, 7) is 2.60. The van der Waals surface area contributed by atoms with Crippen molar-refractivity contribution in [3.8, 4) is 0 Å². The Labute approximate surface area is 127 Å². The van der Waals surface area contributed by atoms with Gasteiger partial charge in [-0.2, -0.15) is 4.31 Å². The van der Waals surface area contributed by atoms with Gasteiger partial charge in [-0.3, -0.25) is 0 Å². The van der Waals surface area contributed by atoms with Crippen LogP contribution in [-0.4, -0.2) is 37.0 Å². The van der Waals surface area contributed by atoms with Gasteiger partial charge in [0.1, 0.15) is 4.90 Å². The molecule has 1 aliphatic rings. The monoisotopic (exact) mass is 417 g/mol. The standard InChI is InChI=1S/C10H13Br2NO3S2/c1-6-5-13(3-2-7(6)14)18(15,16)8-4-9(11)17-10(8)12/h4,6-7,14H,2-3,5H2,1H3. The lowest BCUT2D eigenvalue weighted by molar-refractivity contribution is 0.0628. The number of hydrogen-bond acceptors (Lipinski definition) is 4. The van der Waals surface area contributed by atoms with E-state index in [2.05, 4.69) is 31.9 Å². The van der Waals surface area contributed by atoms with Gasteiger partial charge in [0.25, 0.3) is 0 Å². The lowest BCUT2D eigenvalue weighted by Crippen LogP contribution is -2.44. The van der Waals surface area contributed by atoms with Crippen LogP contribution < -0.4 is 0 Å². The molecule has 0 amide bonds.